The first kappa shape index (κ1) is 20.4. The number of nitrogens with zero attached hydrogens (tertiary/aromatic N) is 4. The number of aromatic nitrogens is 3. The minimum atomic E-state index is 0.000815. The molecule has 0 fully saturated rings. The summed E-state index contributed by atoms with van der Waals surface area (Å²) in [6.45, 7) is 3.84. The van der Waals surface area contributed by atoms with Crippen LogP contribution in [0.15, 0.2) is 58.8 Å². The Hall–Kier alpha value is -3.33. The summed E-state index contributed by atoms with van der Waals surface area (Å²) in [4.78, 5) is 12.3. The van der Waals surface area contributed by atoms with Gasteiger partial charge < -0.3 is 10.6 Å². The maximum atomic E-state index is 12.3. The fourth-order valence-electron chi connectivity index (χ4n) is 2.44. The number of Topliss-reactive ketones (excluding diaryl/α,β-unsaturated/α-hetero) is 1. The normalized spacial score (nSPS) is 11.3. The van der Waals surface area contributed by atoms with Gasteiger partial charge in [-0.3, -0.25) is 4.79 Å². The van der Waals surface area contributed by atoms with E-state index in [2.05, 4.69) is 20.7 Å². The molecule has 2 aromatic carbocycles. The van der Waals surface area contributed by atoms with Crippen LogP contribution in [0.4, 0.5) is 5.95 Å². The summed E-state index contributed by atoms with van der Waals surface area (Å²) in [6, 6.07) is 15.0. The van der Waals surface area contributed by atoms with Gasteiger partial charge in [0, 0.05) is 5.56 Å². The Kier molecular flexibility index (Phi) is 6.50. The number of benzene rings is 2. The van der Waals surface area contributed by atoms with E-state index in [9.17, 15) is 4.79 Å². The number of carbonyl (C=O) groups is 1. The van der Waals surface area contributed by atoms with Crippen molar-refractivity contribution in [1.82, 2.24) is 14.9 Å². The smallest absolute Gasteiger partial charge is 0.264 e. The third-order valence-corrected chi connectivity index (χ3v) is 5.14. The second kappa shape index (κ2) is 9.24. The van der Waals surface area contributed by atoms with Crippen LogP contribution in [0.5, 0.6) is 5.75 Å². The Labute approximate surface area is 173 Å². The molecule has 0 saturated carbocycles. The first-order valence-corrected chi connectivity index (χ1v) is 9.84. The number of ketones is 1. The van der Waals surface area contributed by atoms with Crippen molar-refractivity contribution in [2.24, 2.45) is 5.10 Å². The summed E-state index contributed by atoms with van der Waals surface area (Å²) in [5, 5.41) is 12.7. The lowest BCUT2D eigenvalue weighted by molar-refractivity contribution is 0.102. The largest absolute Gasteiger partial charge is 0.497 e. The number of aryl methyl sites for hydroxylation is 1. The molecule has 0 amide bonds. The Bertz CT molecular complexity index is 1010. The lowest BCUT2D eigenvalue weighted by Crippen LogP contribution is -2.14. The zero-order valence-electron chi connectivity index (χ0n) is 16.4. The lowest BCUT2D eigenvalue weighted by Gasteiger charge is -2.05. The van der Waals surface area contributed by atoms with E-state index < -0.39 is 0 Å². The van der Waals surface area contributed by atoms with Crippen molar-refractivity contribution in [3.8, 4) is 5.75 Å². The summed E-state index contributed by atoms with van der Waals surface area (Å²) in [7, 11) is 1.62. The van der Waals surface area contributed by atoms with Crippen LogP contribution in [0.2, 0.25) is 0 Å². The molecule has 0 bridgehead atoms. The minimum absolute atomic E-state index is 0.000815. The van der Waals surface area contributed by atoms with Crippen LogP contribution in [0.1, 0.15) is 28.4 Å². The molecule has 3 N–H and O–H groups in total. The van der Waals surface area contributed by atoms with E-state index in [0.717, 1.165) is 22.6 Å². The summed E-state index contributed by atoms with van der Waals surface area (Å²) < 4.78 is 6.43. The molecule has 8 nitrogen and oxygen atoms in total. The molecule has 0 aliphatic rings. The summed E-state index contributed by atoms with van der Waals surface area (Å²) in [5.41, 5.74) is 6.25. The number of nitrogen functional groups attached to an aromatic ring is 1. The molecule has 1 aromatic heterocycles. The van der Waals surface area contributed by atoms with Crippen molar-refractivity contribution in [2.45, 2.75) is 19.0 Å². The number of hydrazone groups is 1. The average Bonchev–Trinajstić information content (AvgIpc) is 3.10. The van der Waals surface area contributed by atoms with Crippen LogP contribution in [0.3, 0.4) is 0 Å². The van der Waals surface area contributed by atoms with E-state index in [-0.39, 0.29) is 17.5 Å². The van der Waals surface area contributed by atoms with Crippen LogP contribution < -0.4 is 16.0 Å². The fraction of sp³-hybridized carbons (Fsp3) is 0.200. The first-order chi connectivity index (χ1) is 14.0. The van der Waals surface area contributed by atoms with Crippen LogP contribution in [-0.2, 0) is 0 Å². The molecule has 0 spiro atoms. The highest BCUT2D eigenvalue weighted by atomic mass is 32.2. The maximum absolute atomic E-state index is 12.3. The van der Waals surface area contributed by atoms with Crippen molar-refractivity contribution >= 4 is 29.2 Å². The van der Waals surface area contributed by atoms with Gasteiger partial charge in [0.05, 0.1) is 18.6 Å². The third kappa shape index (κ3) is 5.14. The molecule has 3 aromatic rings. The molecule has 0 aliphatic heterocycles. The van der Waals surface area contributed by atoms with E-state index in [1.165, 1.54) is 16.4 Å². The molecule has 0 atom stereocenters. The number of nitrogens with one attached hydrogen (secondary N) is 1. The molecule has 3 rings (SSSR count). The van der Waals surface area contributed by atoms with Gasteiger partial charge >= 0.3 is 0 Å². The number of hydrogen-bond donors (Lipinski definition) is 2. The molecule has 0 saturated heterocycles. The fourth-order valence-corrected chi connectivity index (χ4v) is 3.19. The Morgan fingerprint density at radius 1 is 1.14 bits per heavy atom. The summed E-state index contributed by atoms with van der Waals surface area (Å²) >= 11 is 1.22. The topological polar surface area (TPSA) is 107 Å². The van der Waals surface area contributed by atoms with E-state index in [1.54, 1.807) is 7.11 Å². The van der Waals surface area contributed by atoms with Gasteiger partial charge in [0.25, 0.3) is 5.95 Å². The van der Waals surface area contributed by atoms with E-state index >= 15 is 0 Å². The van der Waals surface area contributed by atoms with Gasteiger partial charge in [0.1, 0.15) is 5.75 Å². The molecule has 0 aliphatic carbocycles. The highest BCUT2D eigenvalue weighted by molar-refractivity contribution is 7.99. The first-order valence-electron chi connectivity index (χ1n) is 8.86. The Balaban J connectivity index is 1.61. The van der Waals surface area contributed by atoms with Gasteiger partial charge in [-0.05, 0) is 43.7 Å². The monoisotopic (exact) mass is 410 g/mol. The van der Waals surface area contributed by atoms with Crippen molar-refractivity contribution in [3.63, 3.8) is 0 Å². The van der Waals surface area contributed by atoms with Crippen molar-refractivity contribution in [3.05, 3.63) is 65.2 Å². The van der Waals surface area contributed by atoms with Crippen LogP contribution in [0.25, 0.3) is 0 Å². The molecule has 9 heteroatoms. The van der Waals surface area contributed by atoms with Crippen LogP contribution >= 0.6 is 11.8 Å². The minimum Gasteiger partial charge on any atom is -0.497 e. The molecule has 150 valence electrons. The number of rotatable bonds is 8. The number of ether oxygens (including phenoxy) is 1. The van der Waals surface area contributed by atoms with Gasteiger partial charge in [-0.15, -0.1) is 10.2 Å². The third-order valence-electron chi connectivity index (χ3n) is 4.20. The second-order valence-corrected chi connectivity index (χ2v) is 7.23. The van der Waals surface area contributed by atoms with Gasteiger partial charge in [-0.25, -0.2) is 10.1 Å². The SMILES string of the molecule is COc1ccc(/C(C)=N/Nc2nnc(SCC(=O)c3ccc(C)cc3)n2N)cc1. The lowest BCUT2D eigenvalue weighted by atomic mass is 10.1. The summed E-state index contributed by atoms with van der Waals surface area (Å²) in [5.74, 6) is 7.29. The second-order valence-electron chi connectivity index (χ2n) is 6.29. The molecule has 29 heavy (non-hydrogen) atoms. The van der Waals surface area contributed by atoms with Crippen molar-refractivity contribution < 1.29 is 9.53 Å². The van der Waals surface area contributed by atoms with Gasteiger partial charge in [0.2, 0.25) is 5.16 Å². The number of methoxy groups -OCH3 is 1. The van der Waals surface area contributed by atoms with E-state index in [4.69, 9.17) is 10.6 Å². The van der Waals surface area contributed by atoms with Crippen molar-refractivity contribution in [2.75, 3.05) is 24.1 Å². The number of anilines is 1. The van der Waals surface area contributed by atoms with Gasteiger partial charge in [0.15, 0.2) is 5.78 Å². The number of nitrogens with two attached hydrogens (primary N) is 1. The molecular weight excluding hydrogens is 388 g/mol. The Morgan fingerprint density at radius 3 is 2.45 bits per heavy atom. The van der Waals surface area contributed by atoms with E-state index in [0.29, 0.717) is 10.7 Å². The quantitative estimate of drug-likeness (QED) is 0.193. The van der Waals surface area contributed by atoms with Crippen LogP contribution in [0, 0.1) is 6.92 Å². The van der Waals surface area contributed by atoms with Crippen molar-refractivity contribution in [1.29, 1.82) is 0 Å². The van der Waals surface area contributed by atoms with Gasteiger partial charge in [-0.1, -0.05) is 41.6 Å². The maximum Gasteiger partial charge on any atom is 0.264 e. The van der Waals surface area contributed by atoms with E-state index in [1.807, 2.05) is 62.4 Å². The molecular formula is C20H22N6O2S. The Morgan fingerprint density at radius 2 is 1.79 bits per heavy atom. The molecule has 0 unspecified atom stereocenters. The number of carbonyl (C=O) groups excluding carboxylic acids is 1. The standard InChI is InChI=1S/C20H22N6O2S/c1-13-4-6-16(7-5-13)18(27)12-29-20-25-24-19(26(20)21)23-22-14(2)15-8-10-17(28-3)11-9-15/h4-11H,12,21H2,1-3H3,(H,23,24)/b22-14+. The average molecular weight is 411 g/mol. The predicted molar refractivity (Wildman–Crippen MR) is 115 cm³/mol. The van der Waals surface area contributed by atoms with Gasteiger partial charge in [-0.2, -0.15) is 5.10 Å². The molecule has 0 radical (unpaired) electrons. The highest BCUT2D eigenvalue weighted by Gasteiger charge is 2.13. The highest BCUT2D eigenvalue weighted by Crippen LogP contribution is 2.19. The molecule has 1 heterocycles. The van der Waals surface area contributed by atoms with Crippen LogP contribution in [-0.4, -0.2) is 39.2 Å². The summed E-state index contributed by atoms with van der Waals surface area (Å²) in [6.07, 6.45) is 0. The zero-order chi connectivity index (χ0) is 20.8. The number of thioether (sulfide) groups is 1. The predicted octanol–water partition coefficient (Wildman–Crippen LogP) is 3.12. The number of hydrogen-bond acceptors (Lipinski definition) is 8. The zero-order valence-corrected chi connectivity index (χ0v) is 17.2.